The van der Waals surface area contributed by atoms with Gasteiger partial charge in [0.1, 0.15) is 0 Å². The summed E-state index contributed by atoms with van der Waals surface area (Å²) in [5.41, 5.74) is 0. The summed E-state index contributed by atoms with van der Waals surface area (Å²) in [7, 11) is 0. The molecule has 0 heterocycles. The maximum absolute atomic E-state index is 2.18. The van der Waals surface area contributed by atoms with Gasteiger partial charge in [-0.15, -0.1) is 0 Å². The van der Waals surface area contributed by atoms with E-state index in [1.165, 1.54) is 257 Å². The van der Waals surface area contributed by atoms with Crippen molar-refractivity contribution in [2.45, 2.75) is 645 Å². The average Bonchev–Trinajstić information content (AvgIpc) is 3.65. The Balaban J connectivity index is -0.0000000193. The first kappa shape index (κ1) is 187. The summed E-state index contributed by atoms with van der Waals surface area (Å²) < 4.78 is 0. The van der Waals surface area contributed by atoms with Crippen molar-refractivity contribution >= 4 is 0 Å². The number of hydrogen-bond acceptors (Lipinski definition) is 0. The fourth-order valence-corrected chi connectivity index (χ4v) is 0. The van der Waals surface area contributed by atoms with Crippen LogP contribution in [0.2, 0.25) is 0 Å². The van der Waals surface area contributed by atoms with Gasteiger partial charge in [0.2, 0.25) is 0 Å². The first-order valence-corrected chi connectivity index (χ1v) is 45.9. The van der Waals surface area contributed by atoms with Crippen LogP contribution in [0.4, 0.5) is 0 Å². The van der Waals surface area contributed by atoms with E-state index in [1.54, 1.807) is 0 Å². The third-order valence-electron chi connectivity index (χ3n) is 8.00. The zero-order valence-corrected chi connectivity index (χ0v) is 84.3. The molecule has 0 N–H and O–H groups in total. The molecule has 0 aromatic heterocycles. The monoisotopic (exact) mass is 1400 g/mol. The van der Waals surface area contributed by atoms with Gasteiger partial charge in [-0.3, -0.25) is 0 Å². The molecular weight excluding hydrogens is 1150 g/mol. The Bertz CT molecular complexity index is 242. The van der Waals surface area contributed by atoms with Crippen LogP contribution in [0.1, 0.15) is 645 Å². The number of unbranched alkanes of at least 4 members (excludes halogenated alkanes) is 16. The smallest absolute Gasteiger partial charge is 0.0564 e. The predicted molar refractivity (Wildman–Crippen MR) is 502 cm³/mol. The summed E-state index contributed by atoms with van der Waals surface area (Å²) in [5.74, 6) is 0. The van der Waals surface area contributed by atoms with Gasteiger partial charge >= 0.3 is 0 Å². The van der Waals surface area contributed by atoms with Crippen molar-refractivity contribution in [3.63, 3.8) is 0 Å². The van der Waals surface area contributed by atoms with Crippen LogP contribution >= 0.6 is 0 Å². The van der Waals surface area contributed by atoms with Crippen molar-refractivity contribution < 1.29 is 0 Å². The van der Waals surface area contributed by atoms with E-state index in [9.17, 15) is 0 Å². The molecule has 632 valence electrons. The van der Waals surface area contributed by atoms with Crippen molar-refractivity contribution in [3.05, 3.63) is 0 Å². The SMILES string of the molecule is CC.CC.CC.CC.CCC.CCC.CCC.CCC.CCC.CCC.CCC.CCC.CCCC.CCCC.CCCC.CCCC.CCCC.CCCC.CCCC.CCCC.CCCC.CCCC.CCCC.CCCC.CCCC.CCCC.CCCC.CCCC. The second kappa shape index (κ2) is 525. The van der Waals surface area contributed by atoms with E-state index >= 15 is 0 Å². The molecule has 0 spiro atoms. The van der Waals surface area contributed by atoms with Crippen LogP contribution < -0.4 is 0 Å². The molecule has 0 aromatic carbocycles. The summed E-state index contributed by atoms with van der Waals surface area (Å²) in [6, 6.07) is 0. The lowest BCUT2D eigenvalue weighted by atomic mass is 10.4. The van der Waals surface area contributed by atoms with Gasteiger partial charge in [0.05, 0.1) is 0 Å². The van der Waals surface area contributed by atoms with Crippen LogP contribution in [0.5, 0.6) is 0 Å². The molecular formula is C96H248. The molecule has 0 fully saturated rings. The van der Waals surface area contributed by atoms with E-state index in [1.807, 2.05) is 55.4 Å². The quantitative estimate of drug-likeness (QED) is 0.144. The Kier molecular flexibility index (Phi) is 1020. The Morgan fingerprint density at radius 3 is 0.0729 bits per heavy atom. The minimum Gasteiger partial charge on any atom is -0.0683 e. The van der Waals surface area contributed by atoms with Crippen LogP contribution in [-0.2, 0) is 0 Å². The van der Waals surface area contributed by atoms with E-state index in [-0.39, 0.29) is 0 Å². The van der Waals surface area contributed by atoms with Crippen LogP contribution in [0.15, 0.2) is 0 Å². The molecule has 0 aromatic rings. The molecule has 0 rings (SSSR count). The average molecular weight is 1400 g/mol. The lowest BCUT2D eigenvalue weighted by molar-refractivity contribution is 0.886. The fourth-order valence-electron chi connectivity index (χ4n) is 0. The highest BCUT2D eigenvalue weighted by molar-refractivity contribution is 4.19. The van der Waals surface area contributed by atoms with E-state index in [0.717, 1.165) is 0 Å². The summed E-state index contributed by atoms with van der Waals surface area (Å²) in [4.78, 5) is 0. The standard InChI is InChI=1S/16C4H10.8C3H8.4C2H6/c16*1-3-4-2;8*1-3-2;4*1-2/h16*3-4H2,1-2H3;8*3H2,1-2H3;4*1-2H3. The predicted octanol–water partition coefficient (Wildman–Crippen LogP) is 44.3. The van der Waals surface area contributed by atoms with Crippen LogP contribution in [0.25, 0.3) is 0 Å². The first-order chi connectivity index (χ1) is 45.9. The highest BCUT2D eigenvalue weighted by Crippen LogP contribution is 1.83. The third-order valence-corrected chi connectivity index (χ3v) is 8.00. The van der Waals surface area contributed by atoms with Crippen LogP contribution in [0, 0.1) is 0 Å². The third kappa shape index (κ3) is 3180. The summed E-state index contributed by atoms with van der Waals surface area (Å²) in [6.45, 7) is 120. The van der Waals surface area contributed by atoms with E-state index < -0.39 is 0 Å². The minimum absolute atomic E-state index is 1.25. The van der Waals surface area contributed by atoms with Crippen molar-refractivity contribution in [2.75, 3.05) is 0 Å². The Labute approximate surface area is 641 Å². The highest BCUT2D eigenvalue weighted by Gasteiger charge is 1.62. The second-order valence-electron chi connectivity index (χ2n) is 21.7. The summed E-state index contributed by atoms with van der Waals surface area (Å²) >= 11 is 0. The molecule has 0 saturated carbocycles. The zero-order valence-electron chi connectivity index (χ0n) is 84.3. The molecule has 0 aliphatic heterocycles. The highest BCUT2D eigenvalue weighted by atomic mass is 13.7. The lowest BCUT2D eigenvalue weighted by Gasteiger charge is -1.68. The van der Waals surface area contributed by atoms with Gasteiger partial charge in [-0.25, -0.2) is 0 Å². The Morgan fingerprint density at radius 1 is 0.0625 bits per heavy atom. The molecule has 0 aliphatic rings. The van der Waals surface area contributed by atoms with Gasteiger partial charge in [-0.2, -0.15) is 0 Å². The normalized spacial score (nSPS) is 6.75. The van der Waals surface area contributed by atoms with Gasteiger partial charge in [0.25, 0.3) is 0 Å². The fraction of sp³-hybridized carbons (Fsp3) is 1.00. The summed E-state index contributed by atoms with van der Waals surface area (Å²) in [6.07, 6.45) is 52.2. The second-order valence-corrected chi connectivity index (χ2v) is 21.7. The first-order valence-electron chi connectivity index (χ1n) is 45.9. The molecule has 0 amide bonds. The van der Waals surface area contributed by atoms with Crippen molar-refractivity contribution in [1.82, 2.24) is 0 Å². The molecule has 0 nitrogen and oxygen atoms in total. The van der Waals surface area contributed by atoms with Crippen molar-refractivity contribution in [1.29, 1.82) is 0 Å². The van der Waals surface area contributed by atoms with Gasteiger partial charge < -0.3 is 0 Å². The van der Waals surface area contributed by atoms with E-state index in [0.29, 0.717) is 0 Å². The largest absolute Gasteiger partial charge is 0.0683 e. The molecule has 0 aliphatic carbocycles. The minimum atomic E-state index is 1.25. The molecule has 0 atom stereocenters. The Morgan fingerprint density at radius 2 is 0.0729 bits per heavy atom. The molecule has 0 heteroatoms. The van der Waals surface area contributed by atoms with Gasteiger partial charge in [0.15, 0.2) is 0 Å². The lowest BCUT2D eigenvalue weighted by Crippen LogP contribution is -1.47. The molecule has 0 radical (unpaired) electrons. The van der Waals surface area contributed by atoms with Crippen molar-refractivity contribution in [2.24, 2.45) is 0 Å². The van der Waals surface area contributed by atoms with Crippen molar-refractivity contribution in [3.8, 4) is 0 Å². The Hall–Kier alpha value is 0. The van der Waals surface area contributed by atoms with E-state index in [2.05, 4.69) is 332 Å². The topological polar surface area (TPSA) is 0 Å². The van der Waals surface area contributed by atoms with Crippen LogP contribution in [0.3, 0.4) is 0 Å². The molecule has 0 bridgehead atoms. The maximum atomic E-state index is 2.18. The van der Waals surface area contributed by atoms with E-state index in [4.69, 9.17) is 0 Å². The molecule has 96 heavy (non-hydrogen) atoms. The molecule has 0 unspecified atom stereocenters. The maximum Gasteiger partial charge on any atom is -0.0564 e. The number of hydrogen-bond donors (Lipinski definition) is 0. The van der Waals surface area contributed by atoms with Gasteiger partial charge in [-0.05, 0) is 0 Å². The van der Waals surface area contributed by atoms with Gasteiger partial charge in [-0.1, -0.05) is 645 Å². The van der Waals surface area contributed by atoms with Gasteiger partial charge in [0, 0.05) is 0 Å². The zero-order chi connectivity index (χ0) is 84.3. The van der Waals surface area contributed by atoms with Crippen LogP contribution in [-0.4, -0.2) is 0 Å². The summed E-state index contributed by atoms with van der Waals surface area (Å²) in [5, 5.41) is 0. The molecule has 0 saturated heterocycles. The number of rotatable bonds is 16.